The average Bonchev–Trinajstić information content (AvgIpc) is 3.56. The second kappa shape index (κ2) is 17.7. The second-order valence-electron chi connectivity index (χ2n) is 12.8. The van der Waals surface area contributed by atoms with Gasteiger partial charge < -0.3 is 19.9 Å². The summed E-state index contributed by atoms with van der Waals surface area (Å²) in [5, 5.41) is 20.0. The van der Waals surface area contributed by atoms with Gasteiger partial charge in [0.25, 0.3) is 5.95 Å². The third-order valence-corrected chi connectivity index (χ3v) is 10.1. The van der Waals surface area contributed by atoms with E-state index in [-0.39, 0.29) is 52.3 Å². The van der Waals surface area contributed by atoms with Crippen molar-refractivity contribution in [3.05, 3.63) is 96.4 Å². The SMILES string of the molecule is CC[C@H](C)[C@@H](NC(C)OC(=O)N(c1nc2ccc(-c3ccc(NC(=O)[C@H](C)c4ccc(F)cc4)cc3)cn2n1)c1ccc(S(C)(=O)=O)cc1OC)C(=O)O.Cl. The van der Waals surface area contributed by atoms with Crippen LogP contribution in [0.1, 0.15) is 45.6 Å². The summed E-state index contributed by atoms with van der Waals surface area (Å²) in [5.41, 5.74) is 3.17. The summed E-state index contributed by atoms with van der Waals surface area (Å²) in [6.07, 6.45) is 1.23. The molecular weight excluding hydrogens is 755 g/mol. The lowest BCUT2D eigenvalue weighted by Crippen LogP contribution is -2.48. The molecule has 0 bridgehead atoms. The van der Waals surface area contributed by atoms with Crippen molar-refractivity contribution in [2.75, 3.05) is 23.6 Å². The van der Waals surface area contributed by atoms with Gasteiger partial charge in [0, 0.05) is 29.8 Å². The molecule has 2 amide bonds. The fraction of sp³-hybridized carbons (Fsp3) is 0.289. The number of nitrogens with zero attached hydrogens (tertiary/aromatic N) is 4. The van der Waals surface area contributed by atoms with Gasteiger partial charge in [0.05, 0.1) is 23.6 Å². The molecule has 0 saturated heterocycles. The molecule has 0 aliphatic rings. The van der Waals surface area contributed by atoms with Crippen LogP contribution in [0.15, 0.2) is 90.0 Å². The van der Waals surface area contributed by atoms with Gasteiger partial charge in [0.15, 0.2) is 21.7 Å². The van der Waals surface area contributed by atoms with Crippen LogP contribution in [0.3, 0.4) is 0 Å². The number of methoxy groups -OCH3 is 1. The molecule has 5 aromatic rings. The van der Waals surface area contributed by atoms with Crippen molar-refractivity contribution in [2.24, 2.45) is 5.92 Å². The van der Waals surface area contributed by atoms with Crippen molar-refractivity contribution >= 4 is 63.2 Å². The lowest BCUT2D eigenvalue weighted by Gasteiger charge is -2.27. The molecule has 0 fully saturated rings. The smallest absolute Gasteiger partial charge is 0.423 e. The van der Waals surface area contributed by atoms with Gasteiger partial charge in [-0.2, -0.15) is 4.98 Å². The van der Waals surface area contributed by atoms with Crippen molar-refractivity contribution in [2.45, 2.75) is 57.2 Å². The Bertz CT molecular complexity index is 2270. The number of aromatic nitrogens is 3. The minimum Gasteiger partial charge on any atom is -0.495 e. The normalized spacial score (nSPS) is 13.5. The molecule has 3 N–H and O–H groups in total. The minimum atomic E-state index is -3.64. The molecular formula is C38H42ClFN6O8S. The van der Waals surface area contributed by atoms with Crippen LogP contribution in [0, 0.1) is 11.7 Å². The predicted octanol–water partition coefficient (Wildman–Crippen LogP) is 6.82. The number of carbonyl (C=O) groups excluding carboxylic acids is 2. The number of carboxylic acid groups (broad SMARTS) is 1. The first-order chi connectivity index (χ1) is 25.6. The molecule has 17 heteroatoms. The van der Waals surface area contributed by atoms with Gasteiger partial charge in [-0.3, -0.25) is 14.9 Å². The van der Waals surface area contributed by atoms with Crippen LogP contribution in [0.5, 0.6) is 5.75 Å². The third kappa shape index (κ3) is 9.95. The van der Waals surface area contributed by atoms with Gasteiger partial charge in [-0.05, 0) is 79.4 Å². The van der Waals surface area contributed by atoms with Gasteiger partial charge in [-0.25, -0.2) is 27.0 Å². The van der Waals surface area contributed by atoms with Gasteiger partial charge in [0.2, 0.25) is 5.91 Å². The second-order valence-corrected chi connectivity index (χ2v) is 14.8. The number of benzene rings is 3. The molecule has 0 spiro atoms. The van der Waals surface area contributed by atoms with Crippen molar-refractivity contribution in [1.82, 2.24) is 19.9 Å². The summed E-state index contributed by atoms with van der Waals surface area (Å²) in [4.78, 5) is 44.2. The van der Waals surface area contributed by atoms with Gasteiger partial charge in [-0.15, -0.1) is 17.5 Å². The predicted molar refractivity (Wildman–Crippen MR) is 207 cm³/mol. The molecule has 0 radical (unpaired) electrons. The standard InChI is InChI=1S/C38H41FN6O8S.ClH/c1-7-22(2)34(36(47)48)40-24(4)53-38(49)45(31-18-17-30(54(6,50)51)20-32(31)52-5)37-42-33-19-12-27(21-44(33)43-37)26-10-15-29(16-11-26)41-35(46)23(3)25-8-13-28(39)14-9-25;/h8-24,34,40H,7H2,1-6H3,(H,41,46)(H,47,48);1H/t22-,23+,24?,34+;/m0./s1. The van der Waals surface area contributed by atoms with Gasteiger partial charge in [-0.1, -0.05) is 44.5 Å². The Kier molecular flexibility index (Phi) is 13.6. The van der Waals surface area contributed by atoms with E-state index in [1.54, 1.807) is 56.4 Å². The number of sulfone groups is 1. The summed E-state index contributed by atoms with van der Waals surface area (Å²) in [7, 11) is -2.33. The first-order valence-corrected chi connectivity index (χ1v) is 18.9. The quantitative estimate of drug-likeness (QED) is 0.100. The average molecular weight is 797 g/mol. The zero-order chi connectivity index (χ0) is 39.3. The number of anilines is 3. The van der Waals surface area contributed by atoms with E-state index >= 15 is 0 Å². The van der Waals surface area contributed by atoms with E-state index in [1.165, 1.54) is 48.9 Å². The first kappa shape index (κ1) is 42.2. The number of nitrogens with one attached hydrogen (secondary N) is 2. The van der Waals surface area contributed by atoms with Crippen molar-refractivity contribution in [3.63, 3.8) is 0 Å². The van der Waals surface area contributed by atoms with E-state index in [0.717, 1.165) is 22.3 Å². The maximum Gasteiger partial charge on any atom is 0.423 e. The lowest BCUT2D eigenvalue weighted by molar-refractivity contribution is -0.142. The zero-order valence-corrected chi connectivity index (χ0v) is 32.5. The number of pyridine rings is 1. The minimum absolute atomic E-state index is 0. The first-order valence-electron chi connectivity index (χ1n) is 17.0. The Labute approximate surface area is 324 Å². The number of amides is 2. The van der Waals surface area contributed by atoms with E-state index in [4.69, 9.17) is 9.47 Å². The van der Waals surface area contributed by atoms with Crippen molar-refractivity contribution < 1.29 is 41.8 Å². The van der Waals surface area contributed by atoms with Crippen molar-refractivity contribution in [3.8, 4) is 16.9 Å². The fourth-order valence-electron chi connectivity index (χ4n) is 5.60. The maximum atomic E-state index is 13.9. The summed E-state index contributed by atoms with van der Waals surface area (Å²) in [6, 6.07) is 19.3. The Morgan fingerprint density at radius 3 is 2.22 bits per heavy atom. The zero-order valence-electron chi connectivity index (χ0n) is 30.9. The van der Waals surface area contributed by atoms with Crippen LogP contribution < -0.4 is 20.3 Å². The number of hydrogen-bond acceptors (Lipinski definition) is 10. The molecule has 4 atom stereocenters. The monoisotopic (exact) mass is 796 g/mol. The highest BCUT2D eigenvalue weighted by atomic mass is 35.5. The molecule has 2 aromatic heterocycles. The molecule has 0 aliphatic heterocycles. The number of ether oxygens (including phenoxy) is 2. The molecule has 14 nitrogen and oxygen atoms in total. The summed E-state index contributed by atoms with van der Waals surface area (Å²) >= 11 is 0. The molecule has 0 aliphatic carbocycles. The molecule has 1 unspecified atom stereocenters. The van der Waals surface area contributed by atoms with Crippen LogP contribution in [0.2, 0.25) is 0 Å². The number of fused-ring (bicyclic) bond motifs is 1. The molecule has 0 saturated carbocycles. The number of rotatable bonds is 14. The number of hydrogen-bond donors (Lipinski definition) is 3. The summed E-state index contributed by atoms with van der Waals surface area (Å²) in [6.45, 7) is 6.84. The number of carboxylic acids is 1. The Hall–Kier alpha value is -5.58. The molecule has 55 heavy (non-hydrogen) atoms. The van der Waals surface area contributed by atoms with Crippen LogP contribution in [0.4, 0.5) is 26.5 Å². The van der Waals surface area contributed by atoms with Crippen LogP contribution in [0.25, 0.3) is 16.8 Å². The Balaban J connectivity index is 0.00000673. The van der Waals surface area contributed by atoms with E-state index < -0.39 is 40.1 Å². The fourth-order valence-corrected chi connectivity index (χ4v) is 6.24. The topological polar surface area (TPSA) is 182 Å². The van der Waals surface area contributed by atoms with Crippen molar-refractivity contribution in [1.29, 1.82) is 0 Å². The van der Waals surface area contributed by atoms with Crippen LogP contribution in [-0.2, 0) is 24.2 Å². The molecule has 292 valence electrons. The van der Waals surface area contributed by atoms with Crippen LogP contribution >= 0.6 is 12.4 Å². The highest BCUT2D eigenvalue weighted by Gasteiger charge is 2.31. The Morgan fingerprint density at radius 2 is 1.62 bits per heavy atom. The number of carbonyl (C=O) groups is 3. The highest BCUT2D eigenvalue weighted by molar-refractivity contribution is 7.90. The third-order valence-electron chi connectivity index (χ3n) is 8.94. The number of aliphatic carboxylic acids is 1. The molecule has 5 rings (SSSR count). The largest absolute Gasteiger partial charge is 0.495 e. The van der Waals surface area contributed by atoms with Gasteiger partial charge >= 0.3 is 12.1 Å². The lowest BCUT2D eigenvalue weighted by atomic mass is 9.99. The summed E-state index contributed by atoms with van der Waals surface area (Å²) < 4.78 is 50.6. The summed E-state index contributed by atoms with van der Waals surface area (Å²) in [5.74, 6) is -2.64. The Morgan fingerprint density at radius 1 is 0.964 bits per heavy atom. The maximum absolute atomic E-state index is 13.9. The van der Waals surface area contributed by atoms with E-state index in [1.807, 2.05) is 19.1 Å². The molecule has 2 heterocycles. The molecule has 3 aromatic carbocycles. The van der Waals surface area contributed by atoms with E-state index in [9.17, 15) is 32.3 Å². The van der Waals surface area contributed by atoms with Gasteiger partial charge in [0.1, 0.15) is 17.6 Å². The van der Waals surface area contributed by atoms with E-state index in [2.05, 4.69) is 20.7 Å². The number of halogens is 2. The highest BCUT2D eigenvalue weighted by Crippen LogP contribution is 2.36. The van der Waals surface area contributed by atoms with Crippen LogP contribution in [-0.4, -0.2) is 71.7 Å². The van der Waals surface area contributed by atoms with E-state index in [0.29, 0.717) is 23.3 Å².